The Hall–Kier alpha value is -2.02. The standard InChI is InChI=1S/C5H7NO2.C4H4S.C2H3N3/c7-4-2-1-3-5(8)6-4;2*1-2-4-5-3-1/h1-3H2,(H,6,7,8);1-4H;1-2H,(H,3,4,5). The monoisotopic (exact) mass is 266 g/mol. The Morgan fingerprint density at radius 3 is 1.78 bits per heavy atom. The van der Waals surface area contributed by atoms with Crippen LogP contribution in [-0.2, 0) is 9.59 Å². The summed E-state index contributed by atoms with van der Waals surface area (Å²) >= 11 is 1.71. The zero-order chi connectivity index (χ0) is 13.1. The predicted molar refractivity (Wildman–Crippen MR) is 67.7 cm³/mol. The largest absolute Gasteiger partial charge is 0.296 e. The van der Waals surface area contributed by atoms with Gasteiger partial charge in [-0.2, -0.15) is 26.7 Å². The van der Waals surface area contributed by atoms with Gasteiger partial charge in [-0.3, -0.25) is 14.9 Å². The van der Waals surface area contributed by atoms with Crippen LogP contribution in [0.5, 0.6) is 0 Å². The molecule has 3 rings (SSSR count). The van der Waals surface area contributed by atoms with Gasteiger partial charge in [0.05, 0.1) is 12.4 Å². The molecule has 0 bridgehead atoms. The van der Waals surface area contributed by atoms with Crippen LogP contribution in [0.15, 0.2) is 35.3 Å². The summed E-state index contributed by atoms with van der Waals surface area (Å²) in [5.41, 5.74) is 0. The number of carbonyl (C=O) groups excluding carboxylic acids is 2. The van der Waals surface area contributed by atoms with Crippen LogP contribution in [-0.4, -0.2) is 27.2 Å². The van der Waals surface area contributed by atoms with Gasteiger partial charge < -0.3 is 0 Å². The summed E-state index contributed by atoms with van der Waals surface area (Å²) in [6.45, 7) is 0. The highest BCUT2D eigenvalue weighted by molar-refractivity contribution is 7.07. The zero-order valence-electron chi connectivity index (χ0n) is 9.70. The third-order valence-electron chi connectivity index (χ3n) is 1.84. The Labute approximate surface area is 108 Å². The molecule has 0 radical (unpaired) electrons. The van der Waals surface area contributed by atoms with E-state index in [9.17, 15) is 9.59 Å². The molecule has 2 aromatic heterocycles. The van der Waals surface area contributed by atoms with Crippen molar-refractivity contribution < 1.29 is 9.59 Å². The second-order valence-electron chi connectivity index (χ2n) is 3.27. The first-order valence-electron chi connectivity index (χ1n) is 5.38. The van der Waals surface area contributed by atoms with Crippen molar-refractivity contribution in [2.24, 2.45) is 0 Å². The van der Waals surface area contributed by atoms with Crippen molar-refractivity contribution in [1.29, 1.82) is 0 Å². The van der Waals surface area contributed by atoms with Crippen molar-refractivity contribution in [1.82, 2.24) is 20.7 Å². The topological polar surface area (TPSA) is 87.7 Å². The molecule has 2 aromatic rings. The number of hydrogen-bond donors (Lipinski definition) is 2. The molecule has 0 spiro atoms. The first kappa shape index (κ1) is 14.0. The third kappa shape index (κ3) is 7.29. The lowest BCUT2D eigenvalue weighted by Crippen LogP contribution is -2.33. The van der Waals surface area contributed by atoms with Gasteiger partial charge in [-0.25, -0.2) is 0 Å². The van der Waals surface area contributed by atoms with E-state index in [1.54, 1.807) is 23.7 Å². The van der Waals surface area contributed by atoms with E-state index in [0.717, 1.165) is 0 Å². The number of carbonyl (C=O) groups is 2. The molecule has 1 saturated heterocycles. The first-order valence-corrected chi connectivity index (χ1v) is 6.33. The molecule has 0 aliphatic carbocycles. The summed E-state index contributed by atoms with van der Waals surface area (Å²) in [5, 5.41) is 15.6. The number of aromatic nitrogens is 3. The van der Waals surface area contributed by atoms with Crippen LogP contribution in [0.3, 0.4) is 0 Å². The number of piperidine rings is 1. The van der Waals surface area contributed by atoms with E-state index in [1.807, 2.05) is 22.9 Å². The van der Waals surface area contributed by atoms with Gasteiger partial charge in [0.15, 0.2) is 0 Å². The first-order chi connectivity index (χ1) is 8.79. The average molecular weight is 266 g/mol. The lowest BCUT2D eigenvalue weighted by Gasteiger charge is -2.07. The molecule has 6 nitrogen and oxygen atoms in total. The molecule has 0 saturated carbocycles. The van der Waals surface area contributed by atoms with Gasteiger partial charge >= 0.3 is 0 Å². The maximum absolute atomic E-state index is 10.3. The van der Waals surface area contributed by atoms with E-state index in [0.29, 0.717) is 19.3 Å². The van der Waals surface area contributed by atoms with Gasteiger partial charge in [-0.1, -0.05) is 12.1 Å². The summed E-state index contributed by atoms with van der Waals surface area (Å²) in [6.07, 6.45) is 4.89. The van der Waals surface area contributed by atoms with Crippen molar-refractivity contribution in [3.05, 3.63) is 35.3 Å². The molecule has 2 amide bonds. The minimum atomic E-state index is -0.138. The maximum atomic E-state index is 10.3. The molecule has 1 aliphatic rings. The van der Waals surface area contributed by atoms with E-state index in [2.05, 4.69) is 20.7 Å². The minimum absolute atomic E-state index is 0.138. The van der Waals surface area contributed by atoms with Gasteiger partial charge in [-0.05, 0) is 17.2 Å². The lowest BCUT2D eigenvalue weighted by atomic mass is 10.1. The van der Waals surface area contributed by atoms with Crippen LogP contribution in [0.4, 0.5) is 0 Å². The van der Waals surface area contributed by atoms with Crippen molar-refractivity contribution in [2.45, 2.75) is 19.3 Å². The average Bonchev–Trinajstić information content (AvgIpc) is 3.09. The molecule has 1 fully saturated rings. The molecule has 18 heavy (non-hydrogen) atoms. The number of hydrogen-bond acceptors (Lipinski definition) is 5. The molecular formula is C11H14N4O2S. The Morgan fingerprint density at radius 1 is 1.00 bits per heavy atom. The molecule has 96 valence electrons. The van der Waals surface area contributed by atoms with Crippen LogP contribution >= 0.6 is 11.3 Å². The summed E-state index contributed by atoms with van der Waals surface area (Å²) < 4.78 is 0. The number of thiophene rings is 1. The SMILES string of the molecule is O=C1CCCC(=O)N1.c1ccsc1.c1cn[nH]n1. The van der Waals surface area contributed by atoms with Crippen LogP contribution < -0.4 is 5.32 Å². The fourth-order valence-corrected chi connectivity index (χ4v) is 1.54. The second kappa shape index (κ2) is 9.06. The summed E-state index contributed by atoms with van der Waals surface area (Å²) in [4.78, 5) is 20.7. The van der Waals surface area contributed by atoms with Gasteiger partial charge in [0.1, 0.15) is 0 Å². The highest BCUT2D eigenvalue weighted by atomic mass is 32.1. The molecular weight excluding hydrogens is 252 g/mol. The predicted octanol–water partition coefficient (Wildman–Crippen LogP) is 1.37. The second-order valence-corrected chi connectivity index (χ2v) is 4.09. The number of amides is 2. The molecule has 1 aliphatic heterocycles. The minimum Gasteiger partial charge on any atom is -0.296 e. The van der Waals surface area contributed by atoms with Crippen molar-refractivity contribution in [3.8, 4) is 0 Å². The number of rotatable bonds is 0. The Morgan fingerprint density at radius 2 is 1.56 bits per heavy atom. The van der Waals surface area contributed by atoms with Crippen molar-refractivity contribution in [2.75, 3.05) is 0 Å². The fraction of sp³-hybridized carbons (Fsp3) is 0.273. The lowest BCUT2D eigenvalue weighted by molar-refractivity contribution is -0.132. The molecule has 2 N–H and O–H groups in total. The molecule has 7 heteroatoms. The van der Waals surface area contributed by atoms with E-state index < -0.39 is 0 Å². The van der Waals surface area contributed by atoms with Crippen molar-refractivity contribution >= 4 is 23.2 Å². The van der Waals surface area contributed by atoms with E-state index in [4.69, 9.17) is 0 Å². The quantitative estimate of drug-likeness (QED) is 0.705. The van der Waals surface area contributed by atoms with Gasteiger partial charge in [0.25, 0.3) is 0 Å². The molecule has 3 heterocycles. The highest BCUT2D eigenvalue weighted by Gasteiger charge is 2.12. The number of H-pyrrole nitrogens is 1. The van der Waals surface area contributed by atoms with Crippen LogP contribution in [0.25, 0.3) is 0 Å². The number of nitrogens with one attached hydrogen (secondary N) is 2. The maximum Gasteiger partial charge on any atom is 0.226 e. The van der Waals surface area contributed by atoms with Crippen molar-refractivity contribution in [3.63, 3.8) is 0 Å². The van der Waals surface area contributed by atoms with Crippen LogP contribution in [0.1, 0.15) is 19.3 Å². The van der Waals surface area contributed by atoms with Gasteiger partial charge in [-0.15, -0.1) is 0 Å². The molecule has 0 atom stereocenters. The Kier molecular flexibility index (Phi) is 7.07. The van der Waals surface area contributed by atoms with E-state index in [-0.39, 0.29) is 11.8 Å². The molecule has 0 aromatic carbocycles. The Bertz CT molecular complexity index is 353. The summed E-state index contributed by atoms with van der Waals surface area (Å²) in [7, 11) is 0. The molecule has 0 unspecified atom stereocenters. The van der Waals surface area contributed by atoms with Crippen LogP contribution in [0.2, 0.25) is 0 Å². The summed E-state index contributed by atoms with van der Waals surface area (Å²) in [6, 6.07) is 4.04. The smallest absolute Gasteiger partial charge is 0.226 e. The number of aromatic amines is 1. The van der Waals surface area contributed by atoms with Crippen LogP contribution in [0, 0.1) is 0 Å². The zero-order valence-corrected chi connectivity index (χ0v) is 10.5. The fourth-order valence-electron chi connectivity index (χ4n) is 1.08. The van der Waals surface area contributed by atoms with Gasteiger partial charge in [0.2, 0.25) is 11.8 Å². The Balaban J connectivity index is 0.000000141. The normalized spacial score (nSPS) is 13.6. The van der Waals surface area contributed by atoms with E-state index in [1.165, 1.54) is 0 Å². The summed E-state index contributed by atoms with van der Waals surface area (Å²) in [5.74, 6) is -0.275. The number of nitrogens with zero attached hydrogens (tertiary/aromatic N) is 2. The highest BCUT2D eigenvalue weighted by Crippen LogP contribution is 2.00. The number of imide groups is 1. The van der Waals surface area contributed by atoms with Gasteiger partial charge in [0, 0.05) is 12.8 Å². The third-order valence-corrected chi connectivity index (χ3v) is 2.47. The van der Waals surface area contributed by atoms with E-state index >= 15 is 0 Å².